The summed E-state index contributed by atoms with van der Waals surface area (Å²) in [6.07, 6.45) is 1.78. The first-order valence-electron chi connectivity index (χ1n) is 9.94. The molecule has 0 spiro atoms. The Morgan fingerprint density at radius 3 is 2.10 bits per heavy atom. The van der Waals surface area contributed by atoms with Crippen molar-refractivity contribution < 1.29 is 18.3 Å². The molecule has 0 aromatic heterocycles. The molecule has 0 saturated carbocycles. The highest BCUT2D eigenvalue weighted by Gasteiger charge is 2.19. The quantitative estimate of drug-likeness (QED) is 0.571. The Balaban J connectivity index is 2.35. The number of anilines is 2. The van der Waals surface area contributed by atoms with Gasteiger partial charge >= 0.3 is 5.97 Å². The third-order valence-electron chi connectivity index (χ3n) is 4.66. The van der Waals surface area contributed by atoms with Crippen molar-refractivity contribution in [1.82, 2.24) is 0 Å². The minimum absolute atomic E-state index is 0.0854. The molecule has 0 aliphatic heterocycles. The molecule has 2 aromatic carbocycles. The van der Waals surface area contributed by atoms with Crippen LogP contribution in [0.15, 0.2) is 47.4 Å². The Hall–Kier alpha value is -2.54. The number of carboxylic acids is 1. The fourth-order valence-corrected chi connectivity index (χ4v) is 4.23. The van der Waals surface area contributed by atoms with Crippen LogP contribution in [0.1, 0.15) is 62.4 Å². The molecular formula is C22H30N2O4S. The average molecular weight is 419 g/mol. The van der Waals surface area contributed by atoms with E-state index in [9.17, 15) is 18.3 Å². The van der Waals surface area contributed by atoms with Gasteiger partial charge in [-0.1, -0.05) is 39.8 Å². The Morgan fingerprint density at radius 2 is 1.62 bits per heavy atom. The van der Waals surface area contributed by atoms with Crippen LogP contribution in [0.3, 0.4) is 0 Å². The molecule has 2 rings (SSSR count). The normalized spacial score (nSPS) is 11.5. The lowest BCUT2D eigenvalue weighted by molar-refractivity contribution is 0.0697. The summed E-state index contributed by atoms with van der Waals surface area (Å²) in [5.74, 6) is -0.779. The summed E-state index contributed by atoms with van der Waals surface area (Å²) in [6.45, 7) is 9.63. The second-order valence-electron chi connectivity index (χ2n) is 7.35. The molecule has 6 nitrogen and oxygen atoms in total. The Bertz CT molecular complexity index is 932. The summed E-state index contributed by atoms with van der Waals surface area (Å²) in [7, 11) is -3.81. The first-order valence-corrected chi connectivity index (χ1v) is 11.4. The monoisotopic (exact) mass is 418 g/mol. The van der Waals surface area contributed by atoms with E-state index >= 15 is 0 Å². The molecule has 2 N–H and O–H groups in total. The second kappa shape index (κ2) is 9.78. The molecule has 0 atom stereocenters. The topological polar surface area (TPSA) is 86.7 Å². The number of nitrogens with one attached hydrogen (secondary N) is 1. The van der Waals surface area contributed by atoms with Crippen molar-refractivity contribution in [3.63, 3.8) is 0 Å². The fraction of sp³-hybridized carbons (Fsp3) is 0.409. The van der Waals surface area contributed by atoms with Crippen LogP contribution in [0.4, 0.5) is 11.4 Å². The van der Waals surface area contributed by atoms with Crippen LogP contribution in [-0.4, -0.2) is 32.6 Å². The molecule has 0 bridgehead atoms. The number of carbonyl (C=O) groups is 1. The lowest BCUT2D eigenvalue weighted by Gasteiger charge is -2.25. The van der Waals surface area contributed by atoms with Crippen LogP contribution in [-0.2, 0) is 10.0 Å². The minimum atomic E-state index is -3.81. The maximum Gasteiger partial charge on any atom is 0.337 e. The number of sulfonamides is 1. The number of carboxylic acid groups (broad SMARTS) is 1. The van der Waals surface area contributed by atoms with Crippen molar-refractivity contribution >= 4 is 27.4 Å². The summed E-state index contributed by atoms with van der Waals surface area (Å²) >= 11 is 0. The largest absolute Gasteiger partial charge is 0.478 e. The fourth-order valence-electron chi connectivity index (χ4n) is 3.19. The van der Waals surface area contributed by atoms with E-state index in [2.05, 4.69) is 4.72 Å². The van der Waals surface area contributed by atoms with Crippen molar-refractivity contribution in [3.8, 4) is 0 Å². The van der Waals surface area contributed by atoms with Crippen LogP contribution < -0.4 is 9.62 Å². The van der Waals surface area contributed by atoms with Crippen LogP contribution in [0.25, 0.3) is 0 Å². The van der Waals surface area contributed by atoms with Crippen molar-refractivity contribution in [3.05, 3.63) is 53.6 Å². The number of rotatable bonds is 10. The number of benzene rings is 2. The molecule has 0 aliphatic carbocycles. The van der Waals surface area contributed by atoms with Gasteiger partial charge in [-0.2, -0.15) is 0 Å². The van der Waals surface area contributed by atoms with Gasteiger partial charge in [0, 0.05) is 18.8 Å². The third kappa shape index (κ3) is 5.73. The summed E-state index contributed by atoms with van der Waals surface area (Å²) in [6, 6.07) is 11.4. The Morgan fingerprint density at radius 1 is 1.03 bits per heavy atom. The van der Waals surface area contributed by atoms with E-state index in [0.29, 0.717) is 11.6 Å². The van der Waals surface area contributed by atoms with E-state index in [4.69, 9.17) is 0 Å². The van der Waals surface area contributed by atoms with Gasteiger partial charge in [0.15, 0.2) is 0 Å². The molecule has 0 radical (unpaired) electrons. The maximum atomic E-state index is 12.7. The number of hydrogen-bond acceptors (Lipinski definition) is 4. The highest BCUT2D eigenvalue weighted by atomic mass is 32.2. The molecule has 0 fully saturated rings. The zero-order chi connectivity index (χ0) is 21.6. The van der Waals surface area contributed by atoms with Crippen molar-refractivity contribution in [2.75, 3.05) is 22.7 Å². The standard InChI is InChI=1S/C22H30N2O4S/c1-5-13-24(14-6-2)21-12-9-18(15-20(21)22(25)26)23-29(27,28)19-10-7-17(8-11-19)16(3)4/h7-12,15-16,23H,5-6,13-14H2,1-4H3,(H,25,26). The van der Waals surface area contributed by atoms with E-state index < -0.39 is 16.0 Å². The van der Waals surface area contributed by atoms with Crippen LogP contribution >= 0.6 is 0 Å². The van der Waals surface area contributed by atoms with E-state index in [-0.39, 0.29) is 16.1 Å². The molecule has 29 heavy (non-hydrogen) atoms. The molecule has 0 amide bonds. The summed E-state index contributed by atoms with van der Waals surface area (Å²) in [4.78, 5) is 14.0. The number of aromatic carboxylic acids is 1. The summed E-state index contributed by atoms with van der Waals surface area (Å²) < 4.78 is 27.9. The summed E-state index contributed by atoms with van der Waals surface area (Å²) in [5.41, 5.74) is 1.97. The van der Waals surface area contributed by atoms with Gasteiger partial charge in [-0.3, -0.25) is 4.72 Å². The molecule has 2 aromatic rings. The molecular weight excluding hydrogens is 388 g/mol. The van der Waals surface area contributed by atoms with E-state index in [1.54, 1.807) is 36.4 Å². The van der Waals surface area contributed by atoms with E-state index in [1.807, 2.05) is 32.6 Å². The van der Waals surface area contributed by atoms with Crippen molar-refractivity contribution in [1.29, 1.82) is 0 Å². The molecule has 0 heterocycles. The van der Waals surface area contributed by atoms with Gasteiger partial charge < -0.3 is 10.0 Å². The predicted molar refractivity (Wildman–Crippen MR) is 118 cm³/mol. The molecule has 0 unspecified atom stereocenters. The third-order valence-corrected chi connectivity index (χ3v) is 6.06. The SMILES string of the molecule is CCCN(CCC)c1ccc(NS(=O)(=O)c2ccc(C(C)C)cc2)cc1C(=O)O. The van der Waals surface area contributed by atoms with Gasteiger partial charge in [0.05, 0.1) is 16.1 Å². The van der Waals surface area contributed by atoms with Crippen LogP contribution in [0, 0.1) is 0 Å². The van der Waals surface area contributed by atoms with Crippen molar-refractivity contribution in [2.45, 2.75) is 51.3 Å². The van der Waals surface area contributed by atoms with E-state index in [0.717, 1.165) is 31.5 Å². The van der Waals surface area contributed by atoms with E-state index in [1.165, 1.54) is 6.07 Å². The number of hydrogen-bond donors (Lipinski definition) is 2. The highest BCUT2D eigenvalue weighted by Crippen LogP contribution is 2.27. The van der Waals surface area contributed by atoms with Gasteiger partial charge in [-0.05, 0) is 54.7 Å². The highest BCUT2D eigenvalue weighted by molar-refractivity contribution is 7.92. The van der Waals surface area contributed by atoms with Gasteiger partial charge in [0.1, 0.15) is 0 Å². The van der Waals surface area contributed by atoms with Crippen molar-refractivity contribution in [2.24, 2.45) is 0 Å². The number of nitrogens with zero attached hydrogens (tertiary/aromatic N) is 1. The summed E-state index contributed by atoms with van der Waals surface area (Å²) in [5, 5.41) is 9.67. The zero-order valence-electron chi connectivity index (χ0n) is 17.5. The smallest absolute Gasteiger partial charge is 0.337 e. The zero-order valence-corrected chi connectivity index (χ0v) is 18.3. The molecule has 0 aliphatic rings. The first-order chi connectivity index (χ1) is 13.7. The average Bonchev–Trinajstić information content (AvgIpc) is 2.67. The van der Waals surface area contributed by atoms with Gasteiger partial charge in [-0.25, -0.2) is 13.2 Å². The minimum Gasteiger partial charge on any atom is -0.478 e. The molecule has 7 heteroatoms. The predicted octanol–water partition coefficient (Wildman–Crippen LogP) is 4.94. The second-order valence-corrected chi connectivity index (χ2v) is 9.04. The lowest BCUT2D eigenvalue weighted by atomic mass is 10.0. The molecule has 0 saturated heterocycles. The van der Waals surface area contributed by atoms with Gasteiger partial charge in [0.2, 0.25) is 0 Å². The van der Waals surface area contributed by atoms with Gasteiger partial charge in [0.25, 0.3) is 10.0 Å². The van der Waals surface area contributed by atoms with Gasteiger partial charge in [-0.15, -0.1) is 0 Å². The Kier molecular flexibility index (Phi) is 7.67. The van der Waals surface area contributed by atoms with Crippen LogP contribution in [0.2, 0.25) is 0 Å². The van der Waals surface area contributed by atoms with Crippen LogP contribution in [0.5, 0.6) is 0 Å². The maximum absolute atomic E-state index is 12.7. The lowest BCUT2D eigenvalue weighted by Crippen LogP contribution is -2.27. The molecule has 158 valence electrons. The Labute approximate surface area is 173 Å². The first kappa shape index (κ1) is 22.7.